The number of hydroxylamine groups is 1. The van der Waals surface area contributed by atoms with Crippen LogP contribution >= 0.6 is 0 Å². The van der Waals surface area contributed by atoms with Gasteiger partial charge in [-0.2, -0.15) is 5.57 Å². The molecule has 2 N–H and O–H groups in total. The molecule has 0 saturated heterocycles. The van der Waals surface area contributed by atoms with Gasteiger partial charge < -0.3 is 12.0 Å². The molecule has 0 aliphatic carbocycles. The Morgan fingerprint density at radius 1 is 1.41 bits per heavy atom. The number of carbonyl (C=O) groups excluding carboxylic acids is 1. The normalized spacial score (nSPS) is 10.3. The first-order valence-electron chi connectivity index (χ1n) is 6.09. The monoisotopic (exact) mass is 371 g/mol. The van der Waals surface area contributed by atoms with Crippen LogP contribution in [0.4, 0.5) is 0 Å². The van der Waals surface area contributed by atoms with Crippen LogP contribution in [0.2, 0.25) is 0 Å². The number of rotatable bonds is 5. The van der Waals surface area contributed by atoms with Gasteiger partial charge in [-0.25, -0.2) is 11.6 Å². The van der Waals surface area contributed by atoms with Crippen molar-refractivity contribution in [1.82, 2.24) is 10.0 Å². The zero-order valence-corrected chi connectivity index (χ0v) is 15.3. The minimum atomic E-state index is -0.535. The number of amides is 1. The minimum absolute atomic E-state index is 0. The van der Waals surface area contributed by atoms with E-state index >= 15 is 0 Å². The molecular weight excluding hydrogens is 353 g/mol. The molecule has 1 aromatic carbocycles. The Bertz CT molecular complexity index is 702. The van der Waals surface area contributed by atoms with Crippen LogP contribution in [0.25, 0.3) is 10.9 Å². The molecule has 22 heavy (non-hydrogen) atoms. The van der Waals surface area contributed by atoms with E-state index in [0.29, 0.717) is 12.1 Å². The smallest absolute Gasteiger partial charge is 0.274 e. The number of hydrogen-bond acceptors (Lipinski definition) is 2. The molecule has 2 rings (SSSR count). The molecule has 0 saturated carbocycles. The molecular formula is C17H18N2O2Y-2. The van der Waals surface area contributed by atoms with Crippen LogP contribution in [0.15, 0.2) is 60.8 Å². The summed E-state index contributed by atoms with van der Waals surface area (Å²) in [6.07, 6.45) is 6.95. The summed E-state index contributed by atoms with van der Waals surface area (Å²) in [5.74, 6) is -0.535. The van der Waals surface area contributed by atoms with E-state index in [0.717, 1.165) is 16.5 Å². The van der Waals surface area contributed by atoms with E-state index in [4.69, 9.17) is 11.8 Å². The molecule has 0 aliphatic rings. The van der Waals surface area contributed by atoms with Crippen molar-refractivity contribution in [3.63, 3.8) is 0 Å². The number of nitrogens with zero attached hydrogens (tertiary/aromatic N) is 1. The second-order valence-electron chi connectivity index (χ2n) is 4.30. The van der Waals surface area contributed by atoms with Crippen LogP contribution in [0.5, 0.6) is 0 Å². The number of benzene rings is 1. The van der Waals surface area contributed by atoms with Crippen LogP contribution in [0.3, 0.4) is 0 Å². The first-order valence-corrected chi connectivity index (χ1v) is 6.09. The maximum absolute atomic E-state index is 11.4. The van der Waals surface area contributed by atoms with Crippen molar-refractivity contribution < 1.29 is 42.7 Å². The minimum Gasteiger partial charge on any atom is -0.360 e. The van der Waals surface area contributed by atoms with E-state index in [1.165, 1.54) is 6.08 Å². The summed E-state index contributed by atoms with van der Waals surface area (Å²) in [4.78, 5) is 11.4. The third-order valence-corrected chi connectivity index (χ3v) is 3.04. The van der Waals surface area contributed by atoms with Gasteiger partial charge in [0.15, 0.2) is 0 Å². The van der Waals surface area contributed by atoms with Gasteiger partial charge in [-0.15, -0.1) is 12.7 Å². The quantitative estimate of drug-likeness (QED) is 0.367. The Hall–Kier alpha value is -1.49. The van der Waals surface area contributed by atoms with Gasteiger partial charge in [0.1, 0.15) is 0 Å². The van der Waals surface area contributed by atoms with Gasteiger partial charge >= 0.3 is 0 Å². The van der Waals surface area contributed by atoms with Crippen LogP contribution < -0.4 is 5.48 Å². The molecule has 0 unspecified atom stereocenters. The average Bonchev–Trinajstić information content (AvgIpc) is 2.88. The summed E-state index contributed by atoms with van der Waals surface area (Å²) in [6, 6.07) is 7.17. The summed E-state index contributed by atoms with van der Waals surface area (Å²) >= 11 is 0. The van der Waals surface area contributed by atoms with Crippen molar-refractivity contribution in [3.8, 4) is 0 Å². The molecule has 5 heteroatoms. The van der Waals surface area contributed by atoms with Gasteiger partial charge in [0.05, 0.1) is 0 Å². The number of nitrogens with one attached hydrogen (secondary N) is 1. The van der Waals surface area contributed by atoms with Gasteiger partial charge in [0.2, 0.25) is 0 Å². The molecule has 0 bridgehead atoms. The summed E-state index contributed by atoms with van der Waals surface area (Å²) < 4.78 is 1.97. The van der Waals surface area contributed by atoms with Crippen molar-refractivity contribution in [1.29, 1.82) is 0 Å². The van der Waals surface area contributed by atoms with E-state index in [1.807, 2.05) is 29.0 Å². The van der Waals surface area contributed by atoms with Gasteiger partial charge in [-0.1, -0.05) is 12.1 Å². The third-order valence-electron chi connectivity index (χ3n) is 3.04. The molecule has 2 aromatic rings. The van der Waals surface area contributed by atoms with E-state index in [9.17, 15) is 4.79 Å². The number of fused-ring (bicyclic) bond motifs is 1. The molecule has 1 heterocycles. The fourth-order valence-corrected chi connectivity index (χ4v) is 2.04. The summed E-state index contributed by atoms with van der Waals surface area (Å²) in [6.45, 7) is 9.79. The van der Waals surface area contributed by atoms with Crippen molar-refractivity contribution in [2.45, 2.75) is 6.54 Å². The number of hydrogen-bond donors (Lipinski definition) is 2. The zero-order chi connectivity index (χ0) is 14.5. The Morgan fingerprint density at radius 3 is 2.73 bits per heavy atom. The van der Waals surface area contributed by atoms with Crippen LogP contribution in [0.1, 0.15) is 10.4 Å². The number of aromatic nitrogens is 1. The Kier molecular flexibility index (Phi) is 8.87. The maximum atomic E-state index is 11.4. The maximum Gasteiger partial charge on any atom is 0.274 e. The van der Waals surface area contributed by atoms with E-state index in [1.54, 1.807) is 23.7 Å². The fourth-order valence-electron chi connectivity index (χ4n) is 2.04. The summed E-state index contributed by atoms with van der Waals surface area (Å²) in [7, 11) is 0. The van der Waals surface area contributed by atoms with Crippen molar-refractivity contribution >= 4 is 16.8 Å². The largest absolute Gasteiger partial charge is 0.360 e. The molecule has 0 fully saturated rings. The van der Waals surface area contributed by atoms with Crippen molar-refractivity contribution in [2.24, 2.45) is 0 Å². The molecule has 1 radical (unpaired) electrons. The molecule has 0 aliphatic heterocycles. The molecule has 0 spiro atoms. The van der Waals surface area contributed by atoms with Gasteiger partial charge in [-0.05, 0) is 30.1 Å². The predicted octanol–water partition coefficient (Wildman–Crippen LogP) is 3.31. The van der Waals surface area contributed by atoms with Gasteiger partial charge in [-0.3, -0.25) is 16.6 Å². The predicted molar refractivity (Wildman–Crippen MR) is 84.8 cm³/mol. The van der Waals surface area contributed by atoms with Crippen LogP contribution in [-0.2, 0) is 39.3 Å². The van der Waals surface area contributed by atoms with Crippen LogP contribution in [-0.4, -0.2) is 15.7 Å². The van der Waals surface area contributed by atoms with Crippen LogP contribution in [0, 0.1) is 14.0 Å². The second kappa shape index (κ2) is 9.51. The number of carbonyl (C=O) groups is 1. The van der Waals surface area contributed by atoms with Gasteiger partial charge in [0.25, 0.3) is 5.91 Å². The molecule has 4 nitrogen and oxygen atoms in total. The van der Waals surface area contributed by atoms with E-state index in [2.05, 4.69) is 6.58 Å². The Labute approximate surface area is 156 Å². The van der Waals surface area contributed by atoms with Crippen molar-refractivity contribution in [2.75, 3.05) is 0 Å². The first-order chi connectivity index (χ1) is 9.69. The molecule has 1 aromatic heterocycles. The fraction of sp³-hybridized carbons (Fsp3) is 0.0588. The SMILES string of the molecule is [CH-]=C/C(=C\C=C)Cn1ccc2ccc(C(=O)NO)cc21.[CH3-].[Y]. The second-order valence-corrected chi connectivity index (χ2v) is 4.30. The Morgan fingerprint density at radius 2 is 2.14 bits per heavy atom. The topological polar surface area (TPSA) is 54.3 Å². The average molecular weight is 371 g/mol. The molecule has 0 atom stereocenters. The van der Waals surface area contributed by atoms with E-state index in [-0.39, 0.29) is 40.1 Å². The summed E-state index contributed by atoms with van der Waals surface area (Å²) in [5.41, 5.74) is 3.83. The van der Waals surface area contributed by atoms with Crippen molar-refractivity contribution in [3.05, 3.63) is 80.4 Å². The summed E-state index contributed by atoms with van der Waals surface area (Å²) in [5, 5.41) is 9.69. The standard InChI is InChI=1S/C16H15N2O2.CH3.Y/c1-3-5-12(4-2)11-18-9-8-13-6-7-14(10-15(13)18)16(19)17-20;;/h2-10,20H,1,11H2,(H,17,19);1H3;/q2*-1;/b12-5+;;. The van der Waals surface area contributed by atoms with E-state index < -0.39 is 5.91 Å². The first kappa shape index (κ1) is 20.5. The number of allylic oxidation sites excluding steroid dienone is 4. The third kappa shape index (κ3) is 4.50. The van der Waals surface area contributed by atoms with Gasteiger partial charge in [0, 0.05) is 50.0 Å². The zero-order valence-electron chi connectivity index (χ0n) is 12.5. The molecule has 1 amide bonds. The molecule has 113 valence electrons. The Balaban J connectivity index is 0.00000220.